The Bertz CT molecular complexity index is 1110. The summed E-state index contributed by atoms with van der Waals surface area (Å²) in [6, 6.07) is 18.1. The lowest BCUT2D eigenvalue weighted by Gasteiger charge is -2.35. The standard InChI is InChI=1S/C26H28N4O2/c1-18-9-10-19(2)23(14-18)29-26(32)25(31)28-16-24(21-8-5-12-27-15-21)30-13-11-20-6-3-4-7-22(20)17-30/h3-10,12,14-15,24H,11,13,16-17H2,1-2H3,(H,28,31)(H,29,32)/t24-/m0/s1. The van der Waals surface area contributed by atoms with E-state index < -0.39 is 11.8 Å². The van der Waals surface area contributed by atoms with Crippen molar-refractivity contribution in [2.75, 3.05) is 18.4 Å². The van der Waals surface area contributed by atoms with E-state index in [0.29, 0.717) is 12.2 Å². The first-order valence-corrected chi connectivity index (χ1v) is 10.9. The summed E-state index contributed by atoms with van der Waals surface area (Å²) < 4.78 is 0. The fourth-order valence-electron chi connectivity index (χ4n) is 4.13. The van der Waals surface area contributed by atoms with Crippen LogP contribution in [0.2, 0.25) is 0 Å². The van der Waals surface area contributed by atoms with Gasteiger partial charge in [0.1, 0.15) is 0 Å². The molecule has 1 atom stereocenters. The molecule has 0 aliphatic carbocycles. The number of aryl methyl sites for hydroxylation is 2. The van der Waals surface area contributed by atoms with E-state index in [1.165, 1.54) is 11.1 Å². The smallest absolute Gasteiger partial charge is 0.313 e. The predicted molar refractivity (Wildman–Crippen MR) is 125 cm³/mol. The van der Waals surface area contributed by atoms with Crippen LogP contribution in [0.4, 0.5) is 5.69 Å². The van der Waals surface area contributed by atoms with E-state index in [1.807, 2.05) is 50.4 Å². The van der Waals surface area contributed by atoms with Gasteiger partial charge in [-0.1, -0.05) is 42.5 Å². The van der Waals surface area contributed by atoms with E-state index in [1.54, 1.807) is 6.20 Å². The largest absolute Gasteiger partial charge is 0.346 e. The molecule has 0 radical (unpaired) electrons. The molecule has 1 aromatic heterocycles. The summed E-state index contributed by atoms with van der Waals surface area (Å²) in [6.07, 6.45) is 4.52. The van der Waals surface area contributed by atoms with Crippen molar-refractivity contribution >= 4 is 17.5 Å². The summed E-state index contributed by atoms with van der Waals surface area (Å²) in [5.74, 6) is -1.30. The van der Waals surface area contributed by atoms with Gasteiger partial charge >= 0.3 is 11.8 Å². The lowest BCUT2D eigenvalue weighted by atomic mass is 9.97. The van der Waals surface area contributed by atoms with Crippen molar-refractivity contribution in [2.24, 2.45) is 0 Å². The maximum Gasteiger partial charge on any atom is 0.313 e. The Labute approximate surface area is 188 Å². The first-order valence-electron chi connectivity index (χ1n) is 10.9. The predicted octanol–water partition coefficient (Wildman–Crippen LogP) is 3.55. The van der Waals surface area contributed by atoms with Gasteiger partial charge in [0.05, 0.1) is 6.04 Å². The zero-order valence-corrected chi connectivity index (χ0v) is 18.5. The van der Waals surface area contributed by atoms with Gasteiger partial charge in [0.15, 0.2) is 0 Å². The third-order valence-corrected chi connectivity index (χ3v) is 5.97. The number of fused-ring (bicyclic) bond motifs is 1. The molecule has 1 aliphatic heterocycles. The SMILES string of the molecule is Cc1ccc(C)c(NC(=O)C(=O)NC[C@@H](c2cccnc2)N2CCc3ccccc3C2)c1. The van der Waals surface area contributed by atoms with Gasteiger partial charge in [-0.25, -0.2) is 0 Å². The van der Waals surface area contributed by atoms with Gasteiger partial charge in [0, 0.05) is 37.7 Å². The highest BCUT2D eigenvalue weighted by atomic mass is 16.2. The van der Waals surface area contributed by atoms with Gasteiger partial charge in [-0.3, -0.25) is 19.5 Å². The van der Waals surface area contributed by atoms with Crippen LogP contribution in [0, 0.1) is 13.8 Å². The van der Waals surface area contributed by atoms with Gasteiger partial charge in [-0.15, -0.1) is 0 Å². The van der Waals surface area contributed by atoms with E-state index in [9.17, 15) is 9.59 Å². The van der Waals surface area contributed by atoms with Gasteiger partial charge in [0.2, 0.25) is 0 Å². The molecule has 0 fully saturated rings. The van der Waals surface area contributed by atoms with Crippen molar-refractivity contribution in [1.82, 2.24) is 15.2 Å². The number of nitrogens with zero attached hydrogens (tertiary/aromatic N) is 2. The summed E-state index contributed by atoms with van der Waals surface area (Å²) >= 11 is 0. The summed E-state index contributed by atoms with van der Waals surface area (Å²) in [4.78, 5) is 31.7. The van der Waals surface area contributed by atoms with E-state index in [-0.39, 0.29) is 6.04 Å². The summed E-state index contributed by atoms with van der Waals surface area (Å²) in [6.45, 7) is 5.85. The molecule has 2 amide bonds. The van der Waals surface area contributed by atoms with Gasteiger partial charge in [-0.05, 0) is 60.2 Å². The van der Waals surface area contributed by atoms with Crippen LogP contribution >= 0.6 is 0 Å². The van der Waals surface area contributed by atoms with Gasteiger partial charge in [-0.2, -0.15) is 0 Å². The molecular weight excluding hydrogens is 400 g/mol. The number of rotatable bonds is 5. The minimum atomic E-state index is -0.660. The van der Waals surface area contributed by atoms with E-state index in [0.717, 1.165) is 36.2 Å². The number of amides is 2. The average Bonchev–Trinajstić information content (AvgIpc) is 2.82. The van der Waals surface area contributed by atoms with Crippen molar-refractivity contribution in [2.45, 2.75) is 32.9 Å². The van der Waals surface area contributed by atoms with Gasteiger partial charge < -0.3 is 10.6 Å². The molecule has 3 aromatic rings. The molecule has 0 unspecified atom stereocenters. The van der Waals surface area contributed by atoms with Crippen LogP contribution in [0.5, 0.6) is 0 Å². The van der Waals surface area contributed by atoms with Crippen molar-refractivity contribution in [3.05, 3.63) is 94.8 Å². The maximum atomic E-state index is 12.6. The monoisotopic (exact) mass is 428 g/mol. The summed E-state index contributed by atoms with van der Waals surface area (Å²) in [5.41, 5.74) is 6.27. The van der Waals surface area contributed by atoms with Crippen LogP contribution in [0.1, 0.15) is 33.9 Å². The lowest BCUT2D eigenvalue weighted by molar-refractivity contribution is -0.136. The van der Waals surface area contributed by atoms with Crippen molar-refractivity contribution in [3.8, 4) is 0 Å². The second-order valence-electron chi connectivity index (χ2n) is 8.27. The molecule has 0 saturated heterocycles. The molecule has 1 aliphatic rings. The van der Waals surface area contributed by atoms with Crippen LogP contribution in [0.3, 0.4) is 0 Å². The summed E-state index contributed by atoms with van der Waals surface area (Å²) in [7, 11) is 0. The van der Waals surface area contributed by atoms with Crippen LogP contribution in [0.15, 0.2) is 67.0 Å². The Kier molecular flexibility index (Phi) is 6.61. The minimum Gasteiger partial charge on any atom is -0.346 e. The quantitative estimate of drug-likeness (QED) is 0.610. The second-order valence-corrected chi connectivity index (χ2v) is 8.27. The van der Waals surface area contributed by atoms with Crippen LogP contribution in [0.25, 0.3) is 0 Å². The average molecular weight is 429 g/mol. The van der Waals surface area contributed by atoms with E-state index in [4.69, 9.17) is 0 Å². The molecule has 32 heavy (non-hydrogen) atoms. The number of benzene rings is 2. The molecule has 2 heterocycles. The number of carbonyl (C=O) groups is 2. The zero-order valence-electron chi connectivity index (χ0n) is 18.5. The molecule has 4 rings (SSSR count). The Morgan fingerprint density at radius 3 is 2.62 bits per heavy atom. The number of anilines is 1. The normalized spacial score (nSPS) is 14.3. The van der Waals surface area contributed by atoms with E-state index >= 15 is 0 Å². The third-order valence-electron chi connectivity index (χ3n) is 5.97. The molecule has 0 saturated carbocycles. The van der Waals surface area contributed by atoms with Crippen molar-refractivity contribution in [1.29, 1.82) is 0 Å². The highest BCUT2D eigenvalue weighted by Gasteiger charge is 2.26. The number of nitrogens with one attached hydrogen (secondary N) is 2. The topological polar surface area (TPSA) is 74.3 Å². The second kappa shape index (κ2) is 9.75. The lowest BCUT2D eigenvalue weighted by Crippen LogP contribution is -2.43. The highest BCUT2D eigenvalue weighted by molar-refractivity contribution is 6.39. The number of carbonyl (C=O) groups excluding carboxylic acids is 2. The molecule has 0 bridgehead atoms. The molecule has 2 N–H and O–H groups in total. The summed E-state index contributed by atoms with van der Waals surface area (Å²) in [5, 5.41) is 5.57. The number of hydrogen-bond donors (Lipinski definition) is 2. The fraction of sp³-hybridized carbons (Fsp3) is 0.269. The van der Waals surface area contributed by atoms with Crippen molar-refractivity contribution in [3.63, 3.8) is 0 Å². The third kappa shape index (κ3) is 5.03. The van der Waals surface area contributed by atoms with Crippen LogP contribution in [-0.2, 0) is 22.6 Å². The molecule has 164 valence electrons. The minimum absolute atomic E-state index is 0.0745. The first kappa shape index (κ1) is 21.7. The van der Waals surface area contributed by atoms with E-state index in [2.05, 4.69) is 44.8 Å². The molecule has 6 nitrogen and oxygen atoms in total. The maximum absolute atomic E-state index is 12.6. The molecular formula is C26H28N4O2. The van der Waals surface area contributed by atoms with Crippen molar-refractivity contribution < 1.29 is 9.59 Å². The van der Waals surface area contributed by atoms with Crippen LogP contribution in [-0.4, -0.2) is 34.8 Å². The fourth-order valence-corrected chi connectivity index (χ4v) is 4.13. The molecule has 2 aromatic carbocycles. The van der Waals surface area contributed by atoms with Crippen LogP contribution < -0.4 is 10.6 Å². The Morgan fingerprint density at radius 1 is 1.03 bits per heavy atom. The zero-order chi connectivity index (χ0) is 22.5. The number of aromatic nitrogens is 1. The highest BCUT2D eigenvalue weighted by Crippen LogP contribution is 2.27. The Hall–Kier alpha value is -3.51. The van der Waals surface area contributed by atoms with Gasteiger partial charge in [0.25, 0.3) is 0 Å². The Morgan fingerprint density at radius 2 is 1.84 bits per heavy atom. The number of pyridine rings is 1. The number of hydrogen-bond acceptors (Lipinski definition) is 4. The first-order chi connectivity index (χ1) is 15.5. The molecule has 0 spiro atoms. The molecule has 6 heteroatoms. The Balaban J connectivity index is 1.45.